The largest absolute Gasteiger partial charge is 0.506 e. The highest BCUT2D eigenvalue weighted by atomic mass is 16.5. The number of benzene rings is 4. The molecular weight excluding hydrogens is 438 g/mol. The Bertz CT molecular complexity index is 1380. The first kappa shape index (κ1) is 21.4. The number of hydrogen-bond donors (Lipinski definition) is 1. The molecule has 2 aliphatic heterocycles. The van der Waals surface area contributed by atoms with Crippen LogP contribution in [-0.2, 0) is 10.3 Å². The van der Waals surface area contributed by atoms with Gasteiger partial charge in [0.25, 0.3) is 5.91 Å². The number of nitrogens with zero attached hydrogens (tertiary/aromatic N) is 1. The third-order valence-corrected chi connectivity index (χ3v) is 6.84. The van der Waals surface area contributed by atoms with Gasteiger partial charge in [0.1, 0.15) is 11.5 Å². The summed E-state index contributed by atoms with van der Waals surface area (Å²) >= 11 is 0. The number of phenols is 1. The van der Waals surface area contributed by atoms with Crippen LogP contribution in [0.25, 0.3) is 16.8 Å². The predicted octanol–water partition coefficient (Wildman–Crippen LogP) is 5.37. The Kier molecular flexibility index (Phi) is 5.27. The van der Waals surface area contributed by atoms with E-state index in [0.29, 0.717) is 48.6 Å². The number of morpholine rings is 1. The van der Waals surface area contributed by atoms with Gasteiger partial charge in [-0.3, -0.25) is 4.79 Å². The van der Waals surface area contributed by atoms with Crippen LogP contribution in [0.3, 0.4) is 0 Å². The number of ether oxygens (including phenoxy) is 2. The number of aromatic hydroxyl groups is 1. The summed E-state index contributed by atoms with van der Waals surface area (Å²) in [6.07, 6.45) is 3.86. The van der Waals surface area contributed by atoms with E-state index in [4.69, 9.17) is 9.47 Å². The first-order chi connectivity index (χ1) is 17.2. The molecule has 0 unspecified atom stereocenters. The summed E-state index contributed by atoms with van der Waals surface area (Å²) in [5.74, 6) is 0.314. The molecule has 1 amide bonds. The van der Waals surface area contributed by atoms with E-state index in [9.17, 15) is 9.90 Å². The van der Waals surface area contributed by atoms with E-state index in [1.807, 2.05) is 97.1 Å². The van der Waals surface area contributed by atoms with Crippen molar-refractivity contribution in [2.75, 3.05) is 26.3 Å². The Hall–Kier alpha value is -4.09. The van der Waals surface area contributed by atoms with Gasteiger partial charge in [-0.15, -0.1) is 0 Å². The molecule has 6 rings (SSSR count). The van der Waals surface area contributed by atoms with Gasteiger partial charge in [0.05, 0.1) is 24.3 Å². The van der Waals surface area contributed by atoms with Gasteiger partial charge in [-0.1, -0.05) is 84.9 Å². The zero-order valence-corrected chi connectivity index (χ0v) is 19.2. The van der Waals surface area contributed by atoms with E-state index in [1.54, 1.807) is 4.90 Å². The molecule has 0 atom stereocenters. The van der Waals surface area contributed by atoms with Crippen LogP contribution < -0.4 is 4.74 Å². The Balaban J connectivity index is 1.57. The second-order valence-electron chi connectivity index (χ2n) is 8.82. The van der Waals surface area contributed by atoms with Crippen molar-refractivity contribution in [3.63, 3.8) is 0 Å². The van der Waals surface area contributed by atoms with Crippen LogP contribution in [0.2, 0.25) is 0 Å². The fourth-order valence-electron chi connectivity index (χ4n) is 5.06. The summed E-state index contributed by atoms with van der Waals surface area (Å²) in [4.78, 5) is 15.3. The van der Waals surface area contributed by atoms with Crippen LogP contribution in [0.15, 0.2) is 91.0 Å². The number of rotatable bonds is 3. The minimum absolute atomic E-state index is 0.0545. The molecule has 5 nitrogen and oxygen atoms in total. The Morgan fingerprint density at radius 3 is 2.00 bits per heavy atom. The average molecular weight is 464 g/mol. The van der Waals surface area contributed by atoms with Crippen molar-refractivity contribution in [1.82, 2.24) is 4.90 Å². The van der Waals surface area contributed by atoms with E-state index >= 15 is 0 Å². The van der Waals surface area contributed by atoms with Crippen LogP contribution in [-0.4, -0.2) is 42.2 Å². The highest BCUT2D eigenvalue weighted by Crippen LogP contribution is 2.49. The molecule has 35 heavy (non-hydrogen) atoms. The highest BCUT2D eigenvalue weighted by molar-refractivity contribution is 6.13. The van der Waals surface area contributed by atoms with Gasteiger partial charge in [0, 0.05) is 35.0 Å². The van der Waals surface area contributed by atoms with E-state index < -0.39 is 5.60 Å². The SMILES string of the molecule is O=C(c1c(O)c2c(c3ccccc13)OC(c1ccccc1)(c1ccccc1)C=C2)N1CCOCC1. The average Bonchev–Trinajstić information content (AvgIpc) is 2.94. The molecule has 2 heterocycles. The van der Waals surface area contributed by atoms with Crippen molar-refractivity contribution in [1.29, 1.82) is 0 Å². The fraction of sp³-hybridized carbons (Fsp3) is 0.167. The van der Waals surface area contributed by atoms with Crippen molar-refractivity contribution in [2.45, 2.75) is 5.60 Å². The number of hydrogen-bond acceptors (Lipinski definition) is 4. The number of carbonyl (C=O) groups is 1. The molecule has 1 fully saturated rings. The Morgan fingerprint density at radius 2 is 1.37 bits per heavy atom. The second-order valence-corrected chi connectivity index (χ2v) is 8.82. The van der Waals surface area contributed by atoms with E-state index in [2.05, 4.69) is 0 Å². The standard InChI is InChI=1S/C30H25NO4/c32-27-25-15-16-30(21-9-3-1-4-10-21,22-11-5-2-6-12-22)35-28(25)24-14-8-7-13-23(24)26(27)29(33)31-17-19-34-20-18-31/h1-16,32H,17-20H2. The van der Waals surface area contributed by atoms with Gasteiger partial charge in [-0.25, -0.2) is 0 Å². The monoisotopic (exact) mass is 463 g/mol. The number of amides is 1. The number of phenolic OH excluding ortho intramolecular Hbond substituents is 1. The topological polar surface area (TPSA) is 59.0 Å². The van der Waals surface area contributed by atoms with Crippen LogP contribution >= 0.6 is 0 Å². The van der Waals surface area contributed by atoms with Gasteiger partial charge in [-0.2, -0.15) is 0 Å². The molecule has 0 aliphatic carbocycles. The molecule has 5 heteroatoms. The molecule has 0 saturated carbocycles. The first-order valence-electron chi connectivity index (χ1n) is 11.8. The quantitative estimate of drug-likeness (QED) is 0.444. The normalized spacial score (nSPS) is 16.5. The van der Waals surface area contributed by atoms with E-state index in [0.717, 1.165) is 16.5 Å². The lowest BCUT2D eigenvalue weighted by molar-refractivity contribution is 0.0302. The van der Waals surface area contributed by atoms with Gasteiger partial charge in [-0.05, 0) is 12.2 Å². The molecule has 4 aromatic rings. The van der Waals surface area contributed by atoms with Gasteiger partial charge < -0.3 is 19.5 Å². The minimum Gasteiger partial charge on any atom is -0.506 e. The fourth-order valence-corrected chi connectivity index (χ4v) is 5.06. The van der Waals surface area contributed by atoms with Gasteiger partial charge in [0.15, 0.2) is 5.60 Å². The van der Waals surface area contributed by atoms with Crippen LogP contribution in [0.4, 0.5) is 0 Å². The summed E-state index contributed by atoms with van der Waals surface area (Å²) < 4.78 is 12.3. The summed E-state index contributed by atoms with van der Waals surface area (Å²) in [5.41, 5.74) is 1.90. The molecule has 174 valence electrons. The van der Waals surface area contributed by atoms with Gasteiger partial charge >= 0.3 is 0 Å². The number of carbonyl (C=O) groups excluding carboxylic acids is 1. The van der Waals surface area contributed by atoms with Crippen molar-refractivity contribution in [2.24, 2.45) is 0 Å². The van der Waals surface area contributed by atoms with Crippen molar-refractivity contribution in [3.05, 3.63) is 113 Å². The highest BCUT2D eigenvalue weighted by Gasteiger charge is 2.39. The maximum atomic E-state index is 13.5. The lowest BCUT2D eigenvalue weighted by Crippen LogP contribution is -2.41. The summed E-state index contributed by atoms with van der Waals surface area (Å²) in [6.45, 7) is 1.99. The molecular formula is C30H25NO4. The molecule has 0 radical (unpaired) electrons. The third-order valence-electron chi connectivity index (χ3n) is 6.84. The van der Waals surface area contributed by atoms with Gasteiger partial charge in [0.2, 0.25) is 0 Å². The molecule has 1 saturated heterocycles. The van der Waals surface area contributed by atoms with E-state index in [1.165, 1.54) is 0 Å². The zero-order chi connectivity index (χ0) is 23.8. The summed E-state index contributed by atoms with van der Waals surface area (Å²) in [6, 6.07) is 27.7. The minimum atomic E-state index is -0.875. The maximum absolute atomic E-state index is 13.5. The van der Waals surface area contributed by atoms with Crippen LogP contribution in [0.1, 0.15) is 27.0 Å². The molecule has 0 aromatic heterocycles. The maximum Gasteiger partial charge on any atom is 0.258 e. The second kappa shape index (κ2) is 8.60. The van der Waals surface area contributed by atoms with Crippen LogP contribution in [0.5, 0.6) is 11.5 Å². The Labute approximate surface area is 203 Å². The molecule has 2 aliphatic rings. The smallest absolute Gasteiger partial charge is 0.258 e. The first-order valence-corrected chi connectivity index (χ1v) is 11.8. The van der Waals surface area contributed by atoms with Crippen molar-refractivity contribution in [3.8, 4) is 11.5 Å². The number of fused-ring (bicyclic) bond motifs is 3. The Morgan fingerprint density at radius 1 is 0.800 bits per heavy atom. The predicted molar refractivity (Wildman–Crippen MR) is 136 cm³/mol. The molecule has 4 aromatic carbocycles. The van der Waals surface area contributed by atoms with Crippen molar-refractivity contribution < 1.29 is 19.4 Å². The molecule has 0 bridgehead atoms. The summed E-state index contributed by atoms with van der Waals surface area (Å²) in [7, 11) is 0. The van der Waals surface area contributed by atoms with Crippen LogP contribution in [0, 0.1) is 0 Å². The zero-order valence-electron chi connectivity index (χ0n) is 19.2. The summed E-state index contributed by atoms with van der Waals surface area (Å²) in [5, 5.41) is 12.9. The van der Waals surface area contributed by atoms with Crippen molar-refractivity contribution >= 4 is 22.8 Å². The lowest BCUT2D eigenvalue weighted by atomic mass is 9.82. The van der Waals surface area contributed by atoms with E-state index in [-0.39, 0.29) is 11.7 Å². The molecule has 0 spiro atoms. The third kappa shape index (κ3) is 3.47. The lowest BCUT2D eigenvalue weighted by Gasteiger charge is -2.37. The molecule has 1 N–H and O–H groups in total.